The van der Waals surface area contributed by atoms with Crippen molar-refractivity contribution in [3.8, 4) is 0 Å². The van der Waals surface area contributed by atoms with E-state index in [1.807, 2.05) is 18.2 Å². The molecular weight excluding hydrogens is 240 g/mol. The molecule has 1 aromatic rings. The fourth-order valence-electron chi connectivity index (χ4n) is 2.15. The lowest BCUT2D eigenvalue weighted by Gasteiger charge is -2.22. The molecule has 4 nitrogen and oxygen atoms in total. The van der Waals surface area contributed by atoms with E-state index in [0.717, 1.165) is 31.1 Å². The number of nitrogens with zero attached hydrogens (tertiary/aromatic N) is 2. The number of unbranched alkanes of at least 4 members (excludes halogenated alkanes) is 1. The summed E-state index contributed by atoms with van der Waals surface area (Å²) in [6, 6.07) is 11.1. The first-order valence-electron chi connectivity index (χ1n) is 6.87. The summed E-state index contributed by atoms with van der Waals surface area (Å²) in [4.78, 5) is 6.71. The van der Waals surface area contributed by atoms with E-state index in [4.69, 9.17) is 9.47 Å². The summed E-state index contributed by atoms with van der Waals surface area (Å²) in [7, 11) is 1.72. The first-order chi connectivity index (χ1) is 9.36. The van der Waals surface area contributed by atoms with Crippen LogP contribution in [0, 0.1) is 0 Å². The Bertz CT molecular complexity index is 406. The van der Waals surface area contributed by atoms with Crippen LogP contribution in [0.15, 0.2) is 35.3 Å². The van der Waals surface area contributed by atoms with Crippen molar-refractivity contribution >= 4 is 11.7 Å². The van der Waals surface area contributed by atoms with Gasteiger partial charge >= 0.3 is 0 Å². The maximum absolute atomic E-state index is 5.73. The Morgan fingerprint density at radius 2 is 2.16 bits per heavy atom. The molecule has 0 saturated carbocycles. The molecule has 0 spiro atoms. The SMILES string of the molecule is CCCCN=C1OCC(COC)N1c1ccccc1. The molecule has 104 valence electrons. The zero-order chi connectivity index (χ0) is 13.5. The lowest BCUT2D eigenvalue weighted by molar-refractivity contribution is 0.168. The van der Waals surface area contributed by atoms with Crippen LogP contribution in [-0.2, 0) is 9.47 Å². The maximum Gasteiger partial charge on any atom is 0.292 e. The van der Waals surface area contributed by atoms with Crippen LogP contribution in [0.4, 0.5) is 5.69 Å². The van der Waals surface area contributed by atoms with Crippen molar-refractivity contribution in [2.24, 2.45) is 4.99 Å². The van der Waals surface area contributed by atoms with Crippen LogP contribution in [-0.4, -0.2) is 38.9 Å². The summed E-state index contributed by atoms with van der Waals surface area (Å²) >= 11 is 0. The average molecular weight is 262 g/mol. The quantitative estimate of drug-likeness (QED) is 0.739. The van der Waals surface area contributed by atoms with Crippen molar-refractivity contribution in [2.75, 3.05) is 31.8 Å². The second-order valence-corrected chi connectivity index (χ2v) is 4.64. The Hall–Kier alpha value is -1.55. The highest BCUT2D eigenvalue weighted by atomic mass is 16.5. The van der Waals surface area contributed by atoms with Crippen LogP contribution < -0.4 is 4.90 Å². The smallest absolute Gasteiger partial charge is 0.292 e. The van der Waals surface area contributed by atoms with Crippen LogP contribution in [0.5, 0.6) is 0 Å². The zero-order valence-corrected chi connectivity index (χ0v) is 11.7. The third-order valence-corrected chi connectivity index (χ3v) is 3.13. The number of hydrogen-bond donors (Lipinski definition) is 0. The summed E-state index contributed by atoms with van der Waals surface area (Å²) in [5.74, 6) is 0. The number of benzene rings is 1. The number of para-hydroxylation sites is 1. The fourth-order valence-corrected chi connectivity index (χ4v) is 2.15. The van der Waals surface area contributed by atoms with Gasteiger partial charge < -0.3 is 9.47 Å². The molecule has 0 radical (unpaired) electrons. The number of ether oxygens (including phenoxy) is 2. The molecule has 4 heteroatoms. The van der Waals surface area contributed by atoms with Gasteiger partial charge in [0.1, 0.15) is 6.61 Å². The molecular formula is C15H22N2O2. The topological polar surface area (TPSA) is 34.1 Å². The molecule has 1 heterocycles. The summed E-state index contributed by atoms with van der Waals surface area (Å²) in [6.07, 6.45) is 2.23. The highest BCUT2D eigenvalue weighted by Gasteiger charge is 2.32. The summed E-state index contributed by atoms with van der Waals surface area (Å²) < 4.78 is 11.0. The Morgan fingerprint density at radius 3 is 2.84 bits per heavy atom. The van der Waals surface area contributed by atoms with Gasteiger partial charge in [-0.05, 0) is 18.6 Å². The number of anilines is 1. The lowest BCUT2D eigenvalue weighted by Crippen LogP contribution is -2.37. The monoisotopic (exact) mass is 262 g/mol. The predicted octanol–water partition coefficient (Wildman–Crippen LogP) is 2.69. The molecule has 1 fully saturated rings. The normalized spacial score (nSPS) is 20.8. The predicted molar refractivity (Wildman–Crippen MR) is 77.7 cm³/mol. The van der Waals surface area contributed by atoms with E-state index in [9.17, 15) is 0 Å². The zero-order valence-electron chi connectivity index (χ0n) is 11.7. The molecule has 0 N–H and O–H groups in total. The van der Waals surface area contributed by atoms with E-state index in [-0.39, 0.29) is 6.04 Å². The number of amidine groups is 1. The molecule has 0 bridgehead atoms. The third-order valence-electron chi connectivity index (χ3n) is 3.13. The van der Waals surface area contributed by atoms with Crippen LogP contribution in [0.3, 0.4) is 0 Å². The standard InChI is InChI=1S/C15H22N2O2/c1-3-4-10-16-15-17(13-8-6-5-7-9-13)14(11-18-2)12-19-15/h5-9,14H,3-4,10-12H2,1-2H3. The minimum atomic E-state index is 0.202. The van der Waals surface area contributed by atoms with Crippen molar-refractivity contribution in [2.45, 2.75) is 25.8 Å². The Labute approximate surface area is 115 Å². The summed E-state index contributed by atoms with van der Waals surface area (Å²) in [5, 5.41) is 0. The molecule has 0 aliphatic carbocycles. The van der Waals surface area contributed by atoms with Gasteiger partial charge in [-0.2, -0.15) is 0 Å². The fraction of sp³-hybridized carbons (Fsp3) is 0.533. The number of hydrogen-bond acceptors (Lipinski definition) is 3. The van der Waals surface area contributed by atoms with Crippen LogP contribution >= 0.6 is 0 Å². The van der Waals surface area contributed by atoms with E-state index < -0.39 is 0 Å². The second-order valence-electron chi connectivity index (χ2n) is 4.64. The average Bonchev–Trinajstić information content (AvgIpc) is 2.84. The summed E-state index contributed by atoms with van der Waals surface area (Å²) in [6.45, 7) is 4.25. The molecule has 19 heavy (non-hydrogen) atoms. The van der Waals surface area contributed by atoms with Gasteiger partial charge in [0.05, 0.1) is 12.6 Å². The van der Waals surface area contributed by atoms with Gasteiger partial charge in [-0.25, -0.2) is 4.99 Å². The van der Waals surface area contributed by atoms with Crippen molar-refractivity contribution < 1.29 is 9.47 Å². The highest BCUT2D eigenvalue weighted by molar-refractivity contribution is 5.94. The number of methoxy groups -OCH3 is 1. The molecule has 0 aromatic heterocycles. The number of aliphatic imine (C=N–C) groups is 1. The maximum atomic E-state index is 5.73. The first kappa shape index (κ1) is 13.9. The Balaban J connectivity index is 2.17. The molecule has 0 amide bonds. The first-order valence-corrected chi connectivity index (χ1v) is 6.87. The van der Waals surface area contributed by atoms with Gasteiger partial charge in [-0.15, -0.1) is 0 Å². The van der Waals surface area contributed by atoms with Crippen LogP contribution in [0.2, 0.25) is 0 Å². The molecule has 1 atom stereocenters. The molecule has 1 aromatic carbocycles. The van der Waals surface area contributed by atoms with E-state index in [0.29, 0.717) is 13.2 Å². The third kappa shape index (κ3) is 3.47. The van der Waals surface area contributed by atoms with Gasteiger partial charge in [-0.1, -0.05) is 31.5 Å². The van der Waals surface area contributed by atoms with Gasteiger partial charge in [0.25, 0.3) is 6.02 Å². The van der Waals surface area contributed by atoms with E-state index >= 15 is 0 Å². The van der Waals surface area contributed by atoms with Gasteiger partial charge in [0.2, 0.25) is 0 Å². The Kier molecular flexibility index (Phi) is 5.21. The van der Waals surface area contributed by atoms with Crippen molar-refractivity contribution in [1.29, 1.82) is 0 Å². The van der Waals surface area contributed by atoms with Crippen LogP contribution in [0.1, 0.15) is 19.8 Å². The van der Waals surface area contributed by atoms with Crippen molar-refractivity contribution in [3.63, 3.8) is 0 Å². The molecule has 2 rings (SSSR count). The van der Waals surface area contributed by atoms with Crippen LogP contribution in [0.25, 0.3) is 0 Å². The van der Waals surface area contributed by atoms with Gasteiger partial charge in [0, 0.05) is 19.3 Å². The molecule has 1 saturated heterocycles. The van der Waals surface area contributed by atoms with E-state index in [2.05, 4.69) is 28.9 Å². The van der Waals surface area contributed by atoms with E-state index in [1.165, 1.54) is 0 Å². The van der Waals surface area contributed by atoms with Gasteiger partial charge in [0.15, 0.2) is 0 Å². The molecule has 1 aliphatic rings. The molecule has 1 aliphatic heterocycles. The minimum absolute atomic E-state index is 0.202. The number of rotatable bonds is 6. The van der Waals surface area contributed by atoms with Crippen molar-refractivity contribution in [1.82, 2.24) is 0 Å². The highest BCUT2D eigenvalue weighted by Crippen LogP contribution is 2.23. The Morgan fingerprint density at radius 1 is 1.37 bits per heavy atom. The largest absolute Gasteiger partial charge is 0.463 e. The minimum Gasteiger partial charge on any atom is -0.463 e. The van der Waals surface area contributed by atoms with E-state index in [1.54, 1.807) is 7.11 Å². The van der Waals surface area contributed by atoms with Crippen molar-refractivity contribution in [3.05, 3.63) is 30.3 Å². The summed E-state index contributed by atoms with van der Waals surface area (Å²) in [5.41, 5.74) is 1.11. The van der Waals surface area contributed by atoms with Gasteiger partial charge in [-0.3, -0.25) is 4.90 Å². The second kappa shape index (κ2) is 7.14. The lowest BCUT2D eigenvalue weighted by atomic mass is 10.2. The molecule has 1 unspecified atom stereocenters.